The van der Waals surface area contributed by atoms with Crippen LogP contribution in [0.3, 0.4) is 0 Å². The average Bonchev–Trinajstić information content (AvgIpc) is 3.27. The molecule has 1 N–H and O–H groups in total. The van der Waals surface area contributed by atoms with Crippen LogP contribution in [0, 0.1) is 0 Å². The zero-order chi connectivity index (χ0) is 25.1. The van der Waals surface area contributed by atoms with Gasteiger partial charge < -0.3 is 10.2 Å². The Hall–Kier alpha value is -2.12. The summed E-state index contributed by atoms with van der Waals surface area (Å²) in [6, 6.07) is 3.54. The zero-order valence-electron chi connectivity index (χ0n) is 19.7. The van der Waals surface area contributed by atoms with Crippen molar-refractivity contribution < 1.29 is 26.3 Å². The molecular weight excluding hydrogens is 454 g/mol. The fraction of sp³-hybridized carbons (Fsp3) is 0.615. The van der Waals surface area contributed by atoms with Crippen molar-refractivity contribution in [2.24, 2.45) is 0 Å². The van der Waals surface area contributed by atoms with Gasteiger partial charge in [-0.15, -0.1) is 0 Å². The molecule has 1 saturated heterocycles. The number of hydrogen-bond donors (Lipinski definition) is 1. The Labute approximate surface area is 198 Å². The molecule has 0 radical (unpaired) electrons. The molecule has 1 aliphatic heterocycles. The predicted octanol–water partition coefficient (Wildman–Crippen LogP) is 7.76. The van der Waals surface area contributed by atoms with Gasteiger partial charge >= 0.3 is 12.4 Å². The van der Waals surface area contributed by atoms with E-state index >= 15 is 0 Å². The first-order chi connectivity index (χ1) is 15.9. The fourth-order valence-electron chi connectivity index (χ4n) is 5.40. The molecule has 0 aromatic heterocycles. The van der Waals surface area contributed by atoms with Crippen LogP contribution in [0.4, 0.5) is 26.3 Å². The maximum atomic E-state index is 13.1. The molecule has 1 saturated carbocycles. The number of alkyl halides is 6. The number of rotatable bonds is 9. The van der Waals surface area contributed by atoms with Crippen LogP contribution in [0.5, 0.6) is 0 Å². The third-order valence-corrected chi connectivity index (χ3v) is 7.11. The Balaban J connectivity index is 1.58. The van der Waals surface area contributed by atoms with Crippen LogP contribution in [0.15, 0.2) is 42.9 Å². The van der Waals surface area contributed by atoms with E-state index in [2.05, 4.69) is 23.4 Å². The van der Waals surface area contributed by atoms with E-state index in [1.165, 1.54) is 18.9 Å². The van der Waals surface area contributed by atoms with Crippen LogP contribution in [-0.2, 0) is 12.8 Å². The number of benzene rings is 1. The van der Waals surface area contributed by atoms with E-state index in [0.29, 0.717) is 24.8 Å². The molecule has 1 aromatic rings. The Morgan fingerprint density at radius 1 is 0.941 bits per heavy atom. The topological polar surface area (TPSA) is 15.3 Å². The highest BCUT2D eigenvalue weighted by Gasteiger charge is 2.57. The second kappa shape index (κ2) is 10.2. The molecule has 8 heteroatoms. The van der Waals surface area contributed by atoms with E-state index in [-0.39, 0.29) is 5.54 Å². The summed E-state index contributed by atoms with van der Waals surface area (Å²) in [6.45, 7) is 11.1. The van der Waals surface area contributed by atoms with Gasteiger partial charge in [-0.3, -0.25) is 0 Å². The van der Waals surface area contributed by atoms with Gasteiger partial charge in [0.1, 0.15) is 0 Å². The van der Waals surface area contributed by atoms with Gasteiger partial charge in [0.05, 0.1) is 11.4 Å². The van der Waals surface area contributed by atoms with Crippen LogP contribution in [-0.4, -0.2) is 29.3 Å². The number of halogens is 6. The summed E-state index contributed by atoms with van der Waals surface area (Å²) in [5.41, 5.74) is 1.72. The van der Waals surface area contributed by atoms with E-state index < -0.39 is 23.8 Å². The van der Waals surface area contributed by atoms with Crippen LogP contribution in [0.25, 0.3) is 0 Å². The van der Waals surface area contributed by atoms with Crippen molar-refractivity contribution in [2.45, 2.75) is 94.9 Å². The molecule has 1 aromatic carbocycles. The standard InChI is InChI=1S/C26H34F6N2/c1-4-10-21-17-22(23(25(27,28)29)26(30,31)32)13-12-20(21)11-6-5-9-16-34-18(2)24(33-19(34)3)14-7-8-15-24/h12-13,17,23,33H,2-11,14-16H2,1H3. The minimum Gasteiger partial charge on any atom is -0.361 e. The predicted molar refractivity (Wildman–Crippen MR) is 122 cm³/mol. The van der Waals surface area contributed by atoms with Gasteiger partial charge in [-0.05, 0) is 55.2 Å². The molecule has 1 heterocycles. The summed E-state index contributed by atoms with van der Waals surface area (Å²) in [5.74, 6) is -2.57. The number of aryl methyl sites for hydroxylation is 2. The average molecular weight is 489 g/mol. The molecule has 0 unspecified atom stereocenters. The summed E-state index contributed by atoms with van der Waals surface area (Å²) in [4.78, 5) is 2.15. The molecule has 2 fully saturated rings. The van der Waals surface area contributed by atoms with Crippen molar-refractivity contribution in [3.05, 3.63) is 59.6 Å². The summed E-state index contributed by atoms with van der Waals surface area (Å²) in [5, 5.41) is 3.52. The molecule has 34 heavy (non-hydrogen) atoms. The molecule has 0 atom stereocenters. The summed E-state index contributed by atoms with van der Waals surface area (Å²) in [7, 11) is 0. The lowest BCUT2D eigenvalue weighted by Crippen LogP contribution is -2.36. The molecule has 3 rings (SSSR count). The summed E-state index contributed by atoms with van der Waals surface area (Å²) >= 11 is 0. The van der Waals surface area contributed by atoms with E-state index in [1.807, 2.05) is 6.92 Å². The lowest BCUT2D eigenvalue weighted by molar-refractivity contribution is -0.253. The van der Waals surface area contributed by atoms with Crippen molar-refractivity contribution >= 4 is 0 Å². The molecule has 0 bridgehead atoms. The largest absolute Gasteiger partial charge is 0.404 e. The Morgan fingerprint density at radius 2 is 1.59 bits per heavy atom. The quantitative estimate of drug-likeness (QED) is 0.282. The lowest BCUT2D eigenvalue weighted by atomic mass is 9.90. The van der Waals surface area contributed by atoms with E-state index in [1.54, 1.807) is 0 Å². The van der Waals surface area contributed by atoms with Gasteiger partial charge in [0.2, 0.25) is 0 Å². The summed E-state index contributed by atoms with van der Waals surface area (Å²) < 4.78 is 78.9. The minimum absolute atomic E-state index is 0.0431. The van der Waals surface area contributed by atoms with Gasteiger partial charge in [-0.2, -0.15) is 26.3 Å². The van der Waals surface area contributed by atoms with Crippen LogP contribution in [0.1, 0.15) is 80.9 Å². The number of unbranched alkanes of at least 4 members (excludes halogenated alkanes) is 2. The van der Waals surface area contributed by atoms with Crippen molar-refractivity contribution in [2.75, 3.05) is 6.54 Å². The molecule has 190 valence electrons. The normalized spacial score (nSPS) is 18.4. The summed E-state index contributed by atoms with van der Waals surface area (Å²) in [6.07, 6.45) is -1.92. The van der Waals surface area contributed by atoms with E-state index in [4.69, 9.17) is 0 Å². The Bertz CT molecular complexity index is 866. The zero-order valence-corrected chi connectivity index (χ0v) is 19.7. The molecule has 2 nitrogen and oxygen atoms in total. The maximum Gasteiger partial charge on any atom is 0.404 e. The lowest BCUT2D eigenvalue weighted by Gasteiger charge is -2.26. The Kier molecular flexibility index (Phi) is 7.98. The van der Waals surface area contributed by atoms with Crippen LogP contribution < -0.4 is 5.32 Å². The minimum atomic E-state index is -5.38. The third kappa shape index (κ3) is 5.74. The van der Waals surface area contributed by atoms with Crippen LogP contribution >= 0.6 is 0 Å². The van der Waals surface area contributed by atoms with E-state index in [9.17, 15) is 26.3 Å². The third-order valence-electron chi connectivity index (χ3n) is 7.11. The van der Waals surface area contributed by atoms with Gasteiger partial charge in [-0.25, -0.2) is 0 Å². The maximum absolute atomic E-state index is 13.1. The molecule has 1 spiro atoms. The van der Waals surface area contributed by atoms with Crippen molar-refractivity contribution in [3.8, 4) is 0 Å². The van der Waals surface area contributed by atoms with Gasteiger partial charge in [0, 0.05) is 12.2 Å². The molecule has 1 aliphatic carbocycles. The SMILES string of the molecule is C=C1NC2(CCCC2)C(=C)N1CCCCCc1ccc(C(C(F)(F)F)C(F)(F)F)cc1CCC. The highest BCUT2D eigenvalue weighted by Crippen LogP contribution is 2.47. The first-order valence-corrected chi connectivity index (χ1v) is 12.1. The number of nitrogens with zero attached hydrogens (tertiary/aromatic N) is 1. The van der Waals surface area contributed by atoms with Gasteiger partial charge in [-0.1, -0.05) is 64.0 Å². The van der Waals surface area contributed by atoms with Crippen molar-refractivity contribution in [1.29, 1.82) is 0 Å². The fourth-order valence-corrected chi connectivity index (χ4v) is 5.40. The van der Waals surface area contributed by atoms with Gasteiger partial charge in [0.25, 0.3) is 0 Å². The van der Waals surface area contributed by atoms with Gasteiger partial charge in [0.15, 0.2) is 5.92 Å². The van der Waals surface area contributed by atoms with E-state index in [0.717, 1.165) is 67.9 Å². The monoisotopic (exact) mass is 488 g/mol. The van der Waals surface area contributed by atoms with Crippen molar-refractivity contribution in [1.82, 2.24) is 10.2 Å². The number of nitrogens with one attached hydrogen (secondary N) is 1. The highest BCUT2D eigenvalue weighted by molar-refractivity contribution is 5.36. The number of hydrogen-bond acceptors (Lipinski definition) is 2. The molecule has 2 aliphatic rings. The smallest absolute Gasteiger partial charge is 0.361 e. The Morgan fingerprint density at radius 3 is 2.18 bits per heavy atom. The second-order valence-electron chi connectivity index (χ2n) is 9.56. The highest BCUT2D eigenvalue weighted by atomic mass is 19.4. The first kappa shape index (κ1) is 26.5. The van der Waals surface area contributed by atoms with Crippen LogP contribution in [0.2, 0.25) is 0 Å². The molecule has 0 amide bonds. The van der Waals surface area contributed by atoms with Crippen molar-refractivity contribution in [3.63, 3.8) is 0 Å². The first-order valence-electron chi connectivity index (χ1n) is 12.1. The molecular formula is C26H34F6N2. The second-order valence-corrected chi connectivity index (χ2v) is 9.56.